The second-order valence-electron chi connectivity index (χ2n) is 3.20. The molecule has 0 aromatic carbocycles. The number of aromatic nitrogens is 1. The van der Waals surface area contributed by atoms with Gasteiger partial charge in [0.05, 0.1) is 0 Å². The van der Waals surface area contributed by atoms with Gasteiger partial charge in [-0.3, -0.25) is 0 Å². The van der Waals surface area contributed by atoms with Gasteiger partial charge >= 0.3 is 0 Å². The number of hydrogen-bond donors (Lipinski definition) is 2. The third-order valence-electron chi connectivity index (χ3n) is 1.93. The maximum absolute atomic E-state index is 5.68. The molecule has 2 heterocycles. The normalized spacial score (nSPS) is 20.8. The molecule has 1 fully saturated rings. The van der Waals surface area contributed by atoms with E-state index in [1.54, 1.807) is 0 Å². The third-order valence-corrected chi connectivity index (χ3v) is 1.93. The Kier molecular flexibility index (Phi) is 1.39. The Hall–Kier alpha value is -0.960. The van der Waals surface area contributed by atoms with E-state index < -0.39 is 0 Å². The topological polar surface area (TPSA) is 37.0 Å². The lowest BCUT2D eigenvalue weighted by molar-refractivity contribution is 0.0350. The van der Waals surface area contributed by atoms with Crippen LogP contribution in [0.2, 0.25) is 0 Å². The first kappa shape index (κ1) is 6.73. The van der Waals surface area contributed by atoms with Crippen molar-refractivity contribution in [2.24, 2.45) is 0 Å². The summed E-state index contributed by atoms with van der Waals surface area (Å²) in [6.45, 7) is 3.99. The Labute approximate surface area is 65.8 Å². The number of rotatable bonds is 2. The van der Waals surface area contributed by atoms with Crippen molar-refractivity contribution in [2.45, 2.75) is 12.5 Å². The minimum Gasteiger partial charge on any atom is -0.483 e. The first-order valence-electron chi connectivity index (χ1n) is 3.81. The van der Waals surface area contributed by atoms with E-state index in [9.17, 15) is 0 Å². The quantitative estimate of drug-likeness (QED) is 0.656. The van der Waals surface area contributed by atoms with Crippen molar-refractivity contribution < 1.29 is 4.74 Å². The maximum Gasteiger partial charge on any atom is 0.137 e. The summed E-state index contributed by atoms with van der Waals surface area (Å²) >= 11 is 0. The van der Waals surface area contributed by atoms with E-state index in [0.29, 0.717) is 0 Å². The Balaban J connectivity index is 2.00. The van der Waals surface area contributed by atoms with Crippen LogP contribution in [-0.2, 0) is 0 Å². The monoisotopic (exact) mass is 152 g/mol. The highest BCUT2D eigenvalue weighted by Crippen LogP contribution is 2.20. The summed E-state index contributed by atoms with van der Waals surface area (Å²) in [7, 11) is 0. The van der Waals surface area contributed by atoms with Crippen molar-refractivity contribution in [2.75, 3.05) is 13.1 Å². The highest BCUT2D eigenvalue weighted by molar-refractivity contribution is 5.18. The molecule has 0 atom stereocenters. The van der Waals surface area contributed by atoms with E-state index in [1.165, 1.54) is 0 Å². The molecule has 3 heteroatoms. The summed E-state index contributed by atoms with van der Waals surface area (Å²) in [5.74, 6) is 0.925. The lowest BCUT2D eigenvalue weighted by Crippen LogP contribution is -2.60. The van der Waals surface area contributed by atoms with Crippen LogP contribution >= 0.6 is 0 Å². The summed E-state index contributed by atoms with van der Waals surface area (Å²) in [6.07, 6.45) is 3.73. The number of aromatic amines is 1. The van der Waals surface area contributed by atoms with Crippen LogP contribution in [0.15, 0.2) is 18.5 Å². The molecule has 0 unspecified atom stereocenters. The summed E-state index contributed by atoms with van der Waals surface area (Å²) < 4.78 is 5.68. The minimum absolute atomic E-state index is 0.0161. The highest BCUT2D eigenvalue weighted by atomic mass is 16.5. The summed E-state index contributed by atoms with van der Waals surface area (Å²) in [5.41, 5.74) is 0.0161. The SMILES string of the molecule is CC1(Oc2cc[nH]c2)CNC1. The zero-order chi connectivity index (χ0) is 7.73. The van der Waals surface area contributed by atoms with Gasteiger partial charge in [-0.05, 0) is 13.0 Å². The molecule has 1 saturated heterocycles. The maximum atomic E-state index is 5.68. The molecule has 1 aliphatic rings. The molecule has 0 radical (unpaired) electrons. The molecule has 1 aromatic rings. The van der Waals surface area contributed by atoms with Crippen molar-refractivity contribution in [3.05, 3.63) is 18.5 Å². The van der Waals surface area contributed by atoms with E-state index >= 15 is 0 Å². The molecule has 60 valence electrons. The Morgan fingerprint density at radius 1 is 1.55 bits per heavy atom. The lowest BCUT2D eigenvalue weighted by Gasteiger charge is -2.38. The zero-order valence-electron chi connectivity index (χ0n) is 6.55. The second-order valence-corrected chi connectivity index (χ2v) is 3.20. The summed E-state index contributed by atoms with van der Waals surface area (Å²) in [4.78, 5) is 2.96. The molecular formula is C8H12N2O. The van der Waals surface area contributed by atoms with Crippen LogP contribution in [0.1, 0.15) is 6.92 Å². The van der Waals surface area contributed by atoms with Crippen LogP contribution in [0.5, 0.6) is 5.75 Å². The van der Waals surface area contributed by atoms with Gasteiger partial charge in [-0.25, -0.2) is 0 Å². The van der Waals surface area contributed by atoms with Crippen molar-refractivity contribution in [1.82, 2.24) is 10.3 Å². The molecule has 3 nitrogen and oxygen atoms in total. The van der Waals surface area contributed by atoms with E-state index in [0.717, 1.165) is 18.8 Å². The first-order chi connectivity index (χ1) is 5.29. The van der Waals surface area contributed by atoms with Crippen LogP contribution in [-0.4, -0.2) is 23.7 Å². The molecule has 0 amide bonds. The second kappa shape index (κ2) is 2.27. The molecule has 2 N–H and O–H groups in total. The Morgan fingerprint density at radius 3 is 2.82 bits per heavy atom. The molecule has 2 rings (SSSR count). The third kappa shape index (κ3) is 1.24. The van der Waals surface area contributed by atoms with Crippen LogP contribution in [0, 0.1) is 0 Å². The number of ether oxygens (including phenoxy) is 1. The van der Waals surface area contributed by atoms with Crippen LogP contribution < -0.4 is 10.1 Å². The molecule has 0 aliphatic carbocycles. The van der Waals surface area contributed by atoms with E-state index in [-0.39, 0.29) is 5.60 Å². The average Bonchev–Trinajstić information content (AvgIpc) is 2.36. The molecular weight excluding hydrogens is 140 g/mol. The smallest absolute Gasteiger partial charge is 0.137 e. The lowest BCUT2D eigenvalue weighted by atomic mass is 10.0. The van der Waals surface area contributed by atoms with Crippen LogP contribution in [0.25, 0.3) is 0 Å². The molecule has 0 bridgehead atoms. The van der Waals surface area contributed by atoms with Crippen molar-refractivity contribution in [1.29, 1.82) is 0 Å². The molecule has 11 heavy (non-hydrogen) atoms. The van der Waals surface area contributed by atoms with Crippen LogP contribution in [0.3, 0.4) is 0 Å². The average molecular weight is 152 g/mol. The highest BCUT2D eigenvalue weighted by Gasteiger charge is 2.33. The fraction of sp³-hybridized carbons (Fsp3) is 0.500. The Bertz CT molecular complexity index is 226. The van der Waals surface area contributed by atoms with Gasteiger partial charge in [-0.1, -0.05) is 0 Å². The molecule has 1 aromatic heterocycles. The first-order valence-corrected chi connectivity index (χ1v) is 3.81. The van der Waals surface area contributed by atoms with E-state index in [2.05, 4.69) is 17.2 Å². The van der Waals surface area contributed by atoms with Gasteiger partial charge in [-0.15, -0.1) is 0 Å². The van der Waals surface area contributed by atoms with Crippen molar-refractivity contribution in [3.63, 3.8) is 0 Å². The number of nitrogens with one attached hydrogen (secondary N) is 2. The number of H-pyrrole nitrogens is 1. The molecule has 1 aliphatic heterocycles. The minimum atomic E-state index is 0.0161. The zero-order valence-corrected chi connectivity index (χ0v) is 6.55. The summed E-state index contributed by atoms with van der Waals surface area (Å²) in [5, 5.41) is 3.18. The van der Waals surface area contributed by atoms with Crippen LogP contribution in [0.4, 0.5) is 0 Å². The Morgan fingerprint density at radius 2 is 2.36 bits per heavy atom. The fourth-order valence-corrected chi connectivity index (χ4v) is 1.21. The predicted molar refractivity (Wildman–Crippen MR) is 42.7 cm³/mol. The molecule has 0 spiro atoms. The van der Waals surface area contributed by atoms with Gasteiger partial charge in [0.1, 0.15) is 11.4 Å². The van der Waals surface area contributed by atoms with Gasteiger partial charge in [0.25, 0.3) is 0 Å². The van der Waals surface area contributed by atoms with Gasteiger partial charge in [-0.2, -0.15) is 0 Å². The van der Waals surface area contributed by atoms with Crippen molar-refractivity contribution >= 4 is 0 Å². The standard InChI is InChI=1S/C8H12N2O/c1-8(5-10-6-8)11-7-2-3-9-4-7/h2-4,9-10H,5-6H2,1H3. The van der Waals surface area contributed by atoms with Crippen molar-refractivity contribution in [3.8, 4) is 5.75 Å². The van der Waals surface area contributed by atoms with Gasteiger partial charge in [0, 0.05) is 25.5 Å². The molecule has 0 saturated carbocycles. The number of hydrogen-bond acceptors (Lipinski definition) is 2. The predicted octanol–water partition coefficient (Wildman–Crippen LogP) is 0.755. The fourth-order valence-electron chi connectivity index (χ4n) is 1.21. The van der Waals surface area contributed by atoms with Gasteiger partial charge in [0.15, 0.2) is 0 Å². The van der Waals surface area contributed by atoms with Gasteiger partial charge in [0.2, 0.25) is 0 Å². The summed E-state index contributed by atoms with van der Waals surface area (Å²) in [6, 6.07) is 1.93. The van der Waals surface area contributed by atoms with E-state index in [1.807, 2.05) is 18.5 Å². The van der Waals surface area contributed by atoms with E-state index in [4.69, 9.17) is 4.74 Å². The largest absolute Gasteiger partial charge is 0.483 e. The van der Waals surface area contributed by atoms with Gasteiger partial charge < -0.3 is 15.0 Å².